The van der Waals surface area contributed by atoms with E-state index in [-0.39, 0.29) is 6.04 Å². The highest BCUT2D eigenvalue weighted by atomic mass is 79.9. The second-order valence-corrected chi connectivity index (χ2v) is 5.54. The summed E-state index contributed by atoms with van der Waals surface area (Å²) in [4.78, 5) is 0. The molecule has 0 aliphatic heterocycles. The standard InChI is InChI=1S/C14H21BrClNO/c1-3-7-17-14(10-18-8-4-2)12-9-11(16)5-6-13(12)15/h5-6,9,14,17H,3-4,7-8,10H2,1-2H3. The highest BCUT2D eigenvalue weighted by molar-refractivity contribution is 9.10. The minimum atomic E-state index is 0.185. The van der Waals surface area contributed by atoms with Crippen molar-refractivity contribution in [2.45, 2.75) is 32.7 Å². The minimum Gasteiger partial charge on any atom is -0.379 e. The molecule has 0 fully saturated rings. The topological polar surface area (TPSA) is 21.3 Å². The van der Waals surface area contributed by atoms with Gasteiger partial charge in [0.05, 0.1) is 12.6 Å². The number of halogens is 2. The molecule has 0 heterocycles. The first-order valence-electron chi connectivity index (χ1n) is 6.45. The number of hydrogen-bond donors (Lipinski definition) is 1. The average molecular weight is 335 g/mol. The van der Waals surface area contributed by atoms with E-state index in [9.17, 15) is 0 Å². The van der Waals surface area contributed by atoms with Gasteiger partial charge in [-0.25, -0.2) is 0 Å². The first-order chi connectivity index (χ1) is 8.69. The summed E-state index contributed by atoms with van der Waals surface area (Å²) in [5.41, 5.74) is 1.16. The molecule has 1 aromatic rings. The van der Waals surface area contributed by atoms with Gasteiger partial charge in [-0.2, -0.15) is 0 Å². The fourth-order valence-corrected chi connectivity index (χ4v) is 2.41. The van der Waals surface area contributed by atoms with Gasteiger partial charge in [-0.1, -0.05) is 41.4 Å². The van der Waals surface area contributed by atoms with Crippen molar-refractivity contribution >= 4 is 27.5 Å². The normalized spacial score (nSPS) is 12.7. The molecule has 0 radical (unpaired) electrons. The van der Waals surface area contributed by atoms with Gasteiger partial charge >= 0.3 is 0 Å². The third-order valence-corrected chi connectivity index (χ3v) is 3.56. The maximum Gasteiger partial charge on any atom is 0.0661 e. The van der Waals surface area contributed by atoms with Gasteiger partial charge in [0.25, 0.3) is 0 Å². The summed E-state index contributed by atoms with van der Waals surface area (Å²) in [5.74, 6) is 0. The lowest BCUT2D eigenvalue weighted by atomic mass is 10.1. The zero-order chi connectivity index (χ0) is 13.4. The van der Waals surface area contributed by atoms with Gasteiger partial charge in [0.1, 0.15) is 0 Å². The summed E-state index contributed by atoms with van der Waals surface area (Å²) >= 11 is 9.64. The van der Waals surface area contributed by atoms with Crippen molar-refractivity contribution in [3.05, 3.63) is 33.3 Å². The Morgan fingerprint density at radius 3 is 2.78 bits per heavy atom. The predicted molar refractivity (Wildman–Crippen MR) is 81.3 cm³/mol. The molecule has 0 bridgehead atoms. The van der Waals surface area contributed by atoms with E-state index in [1.54, 1.807) is 0 Å². The molecule has 0 amide bonds. The minimum absolute atomic E-state index is 0.185. The van der Waals surface area contributed by atoms with E-state index in [0.29, 0.717) is 6.61 Å². The third-order valence-electron chi connectivity index (χ3n) is 2.61. The zero-order valence-corrected chi connectivity index (χ0v) is 13.4. The van der Waals surface area contributed by atoms with Crippen LogP contribution >= 0.6 is 27.5 Å². The molecule has 0 aliphatic carbocycles. The SMILES string of the molecule is CCCNC(COCCC)c1cc(Cl)ccc1Br. The molecule has 1 N–H and O–H groups in total. The molecule has 4 heteroatoms. The fraction of sp³-hybridized carbons (Fsp3) is 0.571. The lowest BCUT2D eigenvalue weighted by Gasteiger charge is -2.20. The molecule has 1 aromatic carbocycles. The quantitative estimate of drug-likeness (QED) is 0.703. The van der Waals surface area contributed by atoms with Gasteiger partial charge in [-0.15, -0.1) is 0 Å². The van der Waals surface area contributed by atoms with Crippen molar-refractivity contribution in [1.82, 2.24) is 5.32 Å². The summed E-state index contributed by atoms with van der Waals surface area (Å²) in [6.45, 7) is 6.71. The van der Waals surface area contributed by atoms with Crippen molar-refractivity contribution < 1.29 is 4.74 Å². The lowest BCUT2D eigenvalue weighted by Crippen LogP contribution is -2.26. The fourth-order valence-electron chi connectivity index (χ4n) is 1.70. The van der Waals surface area contributed by atoms with Crippen LogP contribution in [0.4, 0.5) is 0 Å². The maximum absolute atomic E-state index is 6.07. The average Bonchev–Trinajstić information content (AvgIpc) is 2.37. The Balaban J connectivity index is 2.75. The smallest absolute Gasteiger partial charge is 0.0661 e. The van der Waals surface area contributed by atoms with Crippen LogP contribution in [0.15, 0.2) is 22.7 Å². The second kappa shape index (κ2) is 8.92. The first-order valence-corrected chi connectivity index (χ1v) is 7.62. The summed E-state index contributed by atoms with van der Waals surface area (Å²) in [7, 11) is 0. The molecule has 2 nitrogen and oxygen atoms in total. The summed E-state index contributed by atoms with van der Waals surface area (Å²) in [6, 6.07) is 6.05. The van der Waals surface area contributed by atoms with Crippen LogP contribution in [0.3, 0.4) is 0 Å². The van der Waals surface area contributed by atoms with Gasteiger partial charge in [0, 0.05) is 16.1 Å². The van der Waals surface area contributed by atoms with Gasteiger partial charge in [0.15, 0.2) is 0 Å². The molecule has 0 saturated heterocycles. The molecule has 102 valence electrons. The van der Waals surface area contributed by atoms with Crippen LogP contribution in [0.1, 0.15) is 38.3 Å². The first kappa shape index (κ1) is 16.0. The summed E-state index contributed by atoms with van der Waals surface area (Å²) in [6.07, 6.45) is 2.14. The van der Waals surface area contributed by atoms with Crippen molar-refractivity contribution in [2.75, 3.05) is 19.8 Å². The van der Waals surface area contributed by atoms with E-state index in [4.69, 9.17) is 16.3 Å². The molecule has 0 spiro atoms. The van der Waals surface area contributed by atoms with E-state index in [1.165, 1.54) is 0 Å². The van der Waals surface area contributed by atoms with Crippen LogP contribution in [0.25, 0.3) is 0 Å². The van der Waals surface area contributed by atoms with E-state index in [1.807, 2.05) is 18.2 Å². The lowest BCUT2D eigenvalue weighted by molar-refractivity contribution is 0.112. The third kappa shape index (κ3) is 5.27. The summed E-state index contributed by atoms with van der Waals surface area (Å²) in [5, 5.41) is 4.26. The van der Waals surface area contributed by atoms with E-state index >= 15 is 0 Å². The van der Waals surface area contributed by atoms with Crippen molar-refractivity contribution in [3.63, 3.8) is 0 Å². The second-order valence-electron chi connectivity index (χ2n) is 4.25. The Labute approximate surface area is 123 Å². The number of ether oxygens (including phenoxy) is 1. The highest BCUT2D eigenvalue weighted by Gasteiger charge is 2.14. The monoisotopic (exact) mass is 333 g/mol. The van der Waals surface area contributed by atoms with E-state index in [0.717, 1.165) is 41.1 Å². The van der Waals surface area contributed by atoms with E-state index in [2.05, 4.69) is 35.1 Å². The van der Waals surface area contributed by atoms with Gasteiger partial charge in [0.2, 0.25) is 0 Å². The molecular formula is C14H21BrClNO. The van der Waals surface area contributed by atoms with Crippen LogP contribution < -0.4 is 5.32 Å². The van der Waals surface area contributed by atoms with Crippen molar-refractivity contribution in [3.8, 4) is 0 Å². The Kier molecular flexibility index (Phi) is 7.91. The van der Waals surface area contributed by atoms with Crippen LogP contribution in [0.2, 0.25) is 5.02 Å². The predicted octanol–water partition coefficient (Wildman–Crippen LogP) is 4.57. The Hall–Kier alpha value is -0.0900. The molecule has 0 aromatic heterocycles. The maximum atomic E-state index is 6.07. The largest absolute Gasteiger partial charge is 0.379 e. The van der Waals surface area contributed by atoms with Crippen molar-refractivity contribution in [2.24, 2.45) is 0 Å². The Bertz CT molecular complexity index is 360. The van der Waals surface area contributed by atoms with Crippen LogP contribution in [0, 0.1) is 0 Å². The van der Waals surface area contributed by atoms with Gasteiger partial charge in [-0.3, -0.25) is 0 Å². The molecule has 1 atom stereocenters. The van der Waals surface area contributed by atoms with Crippen LogP contribution in [-0.4, -0.2) is 19.8 Å². The zero-order valence-electron chi connectivity index (χ0n) is 11.0. The van der Waals surface area contributed by atoms with Gasteiger partial charge in [-0.05, 0) is 43.1 Å². The highest BCUT2D eigenvalue weighted by Crippen LogP contribution is 2.27. The number of hydrogen-bond acceptors (Lipinski definition) is 2. The van der Waals surface area contributed by atoms with Crippen LogP contribution in [-0.2, 0) is 4.74 Å². The Morgan fingerprint density at radius 2 is 2.11 bits per heavy atom. The van der Waals surface area contributed by atoms with Crippen LogP contribution in [0.5, 0.6) is 0 Å². The van der Waals surface area contributed by atoms with Gasteiger partial charge < -0.3 is 10.1 Å². The number of benzene rings is 1. The molecule has 18 heavy (non-hydrogen) atoms. The van der Waals surface area contributed by atoms with Crippen molar-refractivity contribution in [1.29, 1.82) is 0 Å². The number of nitrogens with one attached hydrogen (secondary N) is 1. The summed E-state index contributed by atoms with van der Waals surface area (Å²) < 4.78 is 6.73. The number of rotatable bonds is 8. The molecular weight excluding hydrogens is 314 g/mol. The molecule has 0 saturated carbocycles. The molecule has 1 unspecified atom stereocenters. The molecule has 1 rings (SSSR count). The molecule has 0 aliphatic rings. The Morgan fingerprint density at radius 1 is 1.33 bits per heavy atom. The van der Waals surface area contributed by atoms with E-state index < -0.39 is 0 Å².